The van der Waals surface area contributed by atoms with Crippen molar-refractivity contribution >= 4 is 5.97 Å². The van der Waals surface area contributed by atoms with Crippen molar-refractivity contribution in [3.63, 3.8) is 0 Å². The smallest absolute Gasteiger partial charge is 0.323 e. The average Bonchev–Trinajstić information content (AvgIpc) is 2.37. The van der Waals surface area contributed by atoms with Crippen LogP contribution in [0, 0.1) is 0 Å². The number of ether oxygens (including phenoxy) is 1. The average molecular weight is 251 g/mol. The first-order valence-electron chi connectivity index (χ1n) is 6.20. The first-order valence-corrected chi connectivity index (χ1v) is 6.20. The second-order valence-corrected chi connectivity index (χ2v) is 4.56. The lowest BCUT2D eigenvalue weighted by atomic mass is 9.94. The highest BCUT2D eigenvalue weighted by Crippen LogP contribution is 2.21. The Bertz CT molecular complexity index is 389. The van der Waals surface area contributed by atoms with E-state index in [1.807, 2.05) is 20.8 Å². The fourth-order valence-electron chi connectivity index (χ4n) is 1.55. The minimum atomic E-state index is -0.691. The molecular formula is C14H21NO3. The topological polar surface area (TPSA) is 72.5 Å². The van der Waals surface area contributed by atoms with E-state index in [0.717, 1.165) is 12.0 Å². The number of hydrogen-bond donors (Lipinski definition) is 2. The van der Waals surface area contributed by atoms with Crippen molar-refractivity contribution in [3.05, 3.63) is 29.8 Å². The van der Waals surface area contributed by atoms with E-state index in [1.165, 1.54) is 0 Å². The van der Waals surface area contributed by atoms with Crippen LogP contribution in [0.15, 0.2) is 24.3 Å². The van der Waals surface area contributed by atoms with Crippen molar-refractivity contribution in [3.8, 4) is 5.75 Å². The van der Waals surface area contributed by atoms with Gasteiger partial charge in [-0.2, -0.15) is 0 Å². The maximum absolute atomic E-state index is 11.8. The standard InChI is InChI=1S/C14H21NO3/c1-4-9(2)18-14(17)13(15)10(3)11-5-7-12(16)8-6-11/h5-10,13,16H,4,15H2,1-3H3/t9?,10-,13+/m0/s1. The summed E-state index contributed by atoms with van der Waals surface area (Å²) in [5.41, 5.74) is 6.80. The highest BCUT2D eigenvalue weighted by molar-refractivity contribution is 5.77. The largest absolute Gasteiger partial charge is 0.508 e. The molecule has 0 spiro atoms. The number of benzene rings is 1. The van der Waals surface area contributed by atoms with E-state index in [-0.39, 0.29) is 23.7 Å². The van der Waals surface area contributed by atoms with Crippen molar-refractivity contribution in [1.29, 1.82) is 0 Å². The lowest BCUT2D eigenvalue weighted by Crippen LogP contribution is -2.38. The molecule has 1 unspecified atom stereocenters. The van der Waals surface area contributed by atoms with Gasteiger partial charge in [0.1, 0.15) is 11.8 Å². The summed E-state index contributed by atoms with van der Waals surface area (Å²) in [4.78, 5) is 11.8. The Hall–Kier alpha value is -1.55. The Morgan fingerprint density at radius 3 is 2.39 bits per heavy atom. The quantitative estimate of drug-likeness (QED) is 0.787. The molecule has 0 fully saturated rings. The van der Waals surface area contributed by atoms with E-state index in [1.54, 1.807) is 24.3 Å². The Labute approximate surface area is 108 Å². The molecule has 3 N–H and O–H groups in total. The van der Waals surface area contributed by atoms with E-state index < -0.39 is 6.04 Å². The lowest BCUT2D eigenvalue weighted by molar-refractivity contribution is -0.150. The normalized spacial score (nSPS) is 15.8. The minimum Gasteiger partial charge on any atom is -0.508 e. The third-order valence-electron chi connectivity index (χ3n) is 3.12. The van der Waals surface area contributed by atoms with E-state index >= 15 is 0 Å². The third kappa shape index (κ3) is 3.74. The van der Waals surface area contributed by atoms with Crippen LogP contribution >= 0.6 is 0 Å². The molecule has 0 bridgehead atoms. The molecule has 0 amide bonds. The van der Waals surface area contributed by atoms with Crippen molar-refractivity contribution in [2.24, 2.45) is 5.73 Å². The van der Waals surface area contributed by atoms with Gasteiger partial charge in [0, 0.05) is 5.92 Å². The number of nitrogens with two attached hydrogens (primary N) is 1. The second kappa shape index (κ2) is 6.40. The molecule has 100 valence electrons. The van der Waals surface area contributed by atoms with Gasteiger partial charge >= 0.3 is 5.97 Å². The SMILES string of the molecule is CCC(C)OC(=O)[C@H](N)[C@@H](C)c1ccc(O)cc1. The van der Waals surface area contributed by atoms with E-state index in [4.69, 9.17) is 10.5 Å². The molecule has 0 saturated carbocycles. The Balaban J connectivity index is 2.68. The lowest BCUT2D eigenvalue weighted by Gasteiger charge is -2.21. The molecule has 18 heavy (non-hydrogen) atoms. The van der Waals surface area contributed by atoms with Crippen LogP contribution in [-0.2, 0) is 9.53 Å². The van der Waals surface area contributed by atoms with Crippen LogP contribution < -0.4 is 5.73 Å². The molecule has 0 aliphatic carbocycles. The molecule has 4 heteroatoms. The summed E-state index contributed by atoms with van der Waals surface area (Å²) in [6.07, 6.45) is 0.655. The molecule has 0 aromatic heterocycles. The first kappa shape index (κ1) is 14.5. The number of hydrogen-bond acceptors (Lipinski definition) is 4. The zero-order chi connectivity index (χ0) is 13.7. The Morgan fingerprint density at radius 1 is 1.33 bits per heavy atom. The summed E-state index contributed by atoms with van der Waals surface area (Å²) < 4.78 is 5.21. The summed E-state index contributed by atoms with van der Waals surface area (Å²) in [5.74, 6) is -0.339. The van der Waals surface area contributed by atoms with Gasteiger partial charge in [-0.15, -0.1) is 0 Å². The molecule has 0 aliphatic heterocycles. The fourth-order valence-corrected chi connectivity index (χ4v) is 1.55. The van der Waals surface area contributed by atoms with Crippen molar-refractivity contribution in [1.82, 2.24) is 0 Å². The third-order valence-corrected chi connectivity index (χ3v) is 3.12. The summed E-state index contributed by atoms with van der Waals surface area (Å²) in [6, 6.07) is 5.99. The number of carbonyl (C=O) groups is 1. The molecule has 0 heterocycles. The van der Waals surface area contributed by atoms with Crippen LogP contribution in [0.3, 0.4) is 0 Å². The number of phenolic OH excluding ortho intramolecular Hbond substituents is 1. The maximum atomic E-state index is 11.8. The summed E-state index contributed by atoms with van der Waals surface area (Å²) in [6.45, 7) is 5.66. The predicted octanol–water partition coefficient (Wildman–Crippen LogP) is 2.16. The van der Waals surface area contributed by atoms with Crippen LogP contribution in [0.2, 0.25) is 0 Å². The summed E-state index contributed by atoms with van der Waals surface area (Å²) >= 11 is 0. The van der Waals surface area contributed by atoms with Gasteiger partial charge in [0.2, 0.25) is 0 Å². The first-order chi connectivity index (χ1) is 8.45. The van der Waals surface area contributed by atoms with Gasteiger partial charge in [0.05, 0.1) is 6.10 Å². The fraction of sp³-hybridized carbons (Fsp3) is 0.500. The van der Waals surface area contributed by atoms with E-state index in [0.29, 0.717) is 0 Å². The number of phenols is 1. The van der Waals surface area contributed by atoms with Crippen molar-refractivity contribution < 1.29 is 14.6 Å². The molecule has 1 rings (SSSR count). The number of aromatic hydroxyl groups is 1. The van der Waals surface area contributed by atoms with Crippen LogP contribution in [0.4, 0.5) is 0 Å². The monoisotopic (exact) mass is 251 g/mol. The van der Waals surface area contributed by atoms with Crippen molar-refractivity contribution in [2.75, 3.05) is 0 Å². The molecule has 0 saturated heterocycles. The number of rotatable bonds is 5. The van der Waals surface area contributed by atoms with Gasteiger partial charge in [-0.1, -0.05) is 26.0 Å². The maximum Gasteiger partial charge on any atom is 0.323 e. The summed E-state index contributed by atoms with van der Waals surface area (Å²) in [5, 5.41) is 9.21. The molecular weight excluding hydrogens is 230 g/mol. The van der Waals surface area contributed by atoms with Crippen LogP contribution in [0.25, 0.3) is 0 Å². The van der Waals surface area contributed by atoms with Gasteiger partial charge in [-0.05, 0) is 31.0 Å². The van der Waals surface area contributed by atoms with Gasteiger partial charge in [-0.25, -0.2) is 0 Å². The second-order valence-electron chi connectivity index (χ2n) is 4.56. The van der Waals surface area contributed by atoms with Crippen LogP contribution in [0.5, 0.6) is 5.75 Å². The molecule has 0 radical (unpaired) electrons. The molecule has 4 nitrogen and oxygen atoms in total. The highest BCUT2D eigenvalue weighted by atomic mass is 16.5. The van der Waals surface area contributed by atoms with Crippen LogP contribution in [-0.4, -0.2) is 23.2 Å². The van der Waals surface area contributed by atoms with Crippen LogP contribution in [0.1, 0.15) is 38.7 Å². The number of esters is 1. The molecule has 0 aliphatic rings. The van der Waals surface area contributed by atoms with Gasteiger partial charge < -0.3 is 15.6 Å². The Morgan fingerprint density at radius 2 is 1.89 bits per heavy atom. The highest BCUT2D eigenvalue weighted by Gasteiger charge is 2.24. The predicted molar refractivity (Wildman–Crippen MR) is 70.3 cm³/mol. The number of carbonyl (C=O) groups excluding carboxylic acids is 1. The van der Waals surface area contributed by atoms with Gasteiger partial charge in [-0.3, -0.25) is 4.79 Å². The Kier molecular flexibility index (Phi) is 5.16. The minimum absolute atomic E-state index is 0.115. The zero-order valence-electron chi connectivity index (χ0n) is 11.1. The van der Waals surface area contributed by atoms with E-state index in [2.05, 4.69) is 0 Å². The molecule has 1 aromatic rings. The zero-order valence-corrected chi connectivity index (χ0v) is 11.1. The van der Waals surface area contributed by atoms with Gasteiger partial charge in [0.25, 0.3) is 0 Å². The molecule has 1 aromatic carbocycles. The van der Waals surface area contributed by atoms with Gasteiger partial charge in [0.15, 0.2) is 0 Å². The summed E-state index contributed by atoms with van der Waals surface area (Å²) in [7, 11) is 0. The van der Waals surface area contributed by atoms with E-state index in [9.17, 15) is 9.90 Å². The molecule has 3 atom stereocenters. The van der Waals surface area contributed by atoms with Crippen molar-refractivity contribution in [2.45, 2.75) is 45.3 Å².